The number of carbonyl (C=O) groups excluding carboxylic acids is 1. The van der Waals surface area contributed by atoms with Crippen LogP contribution in [-0.2, 0) is 16.1 Å². The first-order valence-electron chi connectivity index (χ1n) is 8.64. The number of esters is 1. The van der Waals surface area contributed by atoms with Crippen LogP contribution >= 0.6 is 0 Å². The van der Waals surface area contributed by atoms with Crippen LogP contribution in [0.3, 0.4) is 0 Å². The molecule has 0 unspecified atom stereocenters. The second kappa shape index (κ2) is 6.20. The van der Waals surface area contributed by atoms with Gasteiger partial charge in [-0.2, -0.15) is 4.98 Å². The number of aromatic nitrogens is 2. The van der Waals surface area contributed by atoms with E-state index in [1.54, 1.807) is 0 Å². The Kier molecular flexibility index (Phi) is 4.07. The van der Waals surface area contributed by atoms with Gasteiger partial charge in [-0.15, -0.1) is 0 Å². The van der Waals surface area contributed by atoms with Crippen LogP contribution in [0.25, 0.3) is 0 Å². The van der Waals surface area contributed by atoms with Gasteiger partial charge in [0, 0.05) is 24.9 Å². The van der Waals surface area contributed by atoms with E-state index >= 15 is 0 Å². The molecule has 0 radical (unpaired) electrons. The van der Waals surface area contributed by atoms with Gasteiger partial charge >= 0.3 is 5.97 Å². The first kappa shape index (κ1) is 15.1. The minimum atomic E-state index is -0.0772. The molecule has 0 bridgehead atoms. The molecule has 0 spiro atoms. The van der Waals surface area contributed by atoms with Gasteiger partial charge in [0.25, 0.3) is 0 Å². The third-order valence-corrected chi connectivity index (χ3v) is 5.23. The highest BCUT2D eigenvalue weighted by Crippen LogP contribution is 2.38. The molecule has 3 aliphatic rings. The maximum Gasteiger partial charge on any atom is 0.323 e. The number of hydrogen-bond donors (Lipinski definition) is 0. The molecule has 23 heavy (non-hydrogen) atoms. The Hall–Kier alpha value is -1.47. The third-order valence-electron chi connectivity index (χ3n) is 5.23. The van der Waals surface area contributed by atoms with Crippen molar-refractivity contribution in [1.29, 1.82) is 0 Å². The highest BCUT2D eigenvalue weighted by Gasteiger charge is 2.36. The number of carbonyl (C=O) groups is 1. The fourth-order valence-corrected chi connectivity index (χ4v) is 3.64. The van der Waals surface area contributed by atoms with Crippen LogP contribution in [0.1, 0.15) is 49.7 Å². The van der Waals surface area contributed by atoms with Gasteiger partial charge in [-0.05, 0) is 39.3 Å². The number of nitrogens with zero attached hydrogens (tertiary/aromatic N) is 4. The summed E-state index contributed by atoms with van der Waals surface area (Å²) >= 11 is 0. The summed E-state index contributed by atoms with van der Waals surface area (Å²) in [5.74, 6) is 2.02. The lowest BCUT2D eigenvalue weighted by molar-refractivity contribution is -0.142. The van der Waals surface area contributed by atoms with E-state index < -0.39 is 0 Å². The largest absolute Gasteiger partial charge is 0.464 e. The maximum atomic E-state index is 11.8. The van der Waals surface area contributed by atoms with Crippen molar-refractivity contribution >= 4 is 5.97 Å². The summed E-state index contributed by atoms with van der Waals surface area (Å²) in [6.45, 7) is 3.27. The summed E-state index contributed by atoms with van der Waals surface area (Å²) in [4.78, 5) is 20.9. The molecule has 2 aliphatic heterocycles. The normalized spacial score (nSPS) is 29.2. The monoisotopic (exact) mass is 320 g/mol. The molecule has 7 heteroatoms. The van der Waals surface area contributed by atoms with Gasteiger partial charge in [0.1, 0.15) is 6.04 Å². The minimum Gasteiger partial charge on any atom is -0.464 e. The number of likely N-dealkylation sites (N-methyl/N-ethyl adjacent to an activating group) is 1. The molecule has 0 N–H and O–H groups in total. The van der Waals surface area contributed by atoms with E-state index in [0.717, 1.165) is 50.6 Å². The highest BCUT2D eigenvalue weighted by atomic mass is 16.5. The number of rotatable bonds is 5. The van der Waals surface area contributed by atoms with Crippen molar-refractivity contribution in [1.82, 2.24) is 19.9 Å². The van der Waals surface area contributed by atoms with Gasteiger partial charge in [0.2, 0.25) is 5.89 Å². The van der Waals surface area contributed by atoms with Gasteiger partial charge in [0.05, 0.1) is 13.2 Å². The predicted octanol–water partition coefficient (Wildman–Crippen LogP) is 1.16. The molecule has 4 rings (SSSR count). The molecular formula is C16H24N4O3. The van der Waals surface area contributed by atoms with Crippen LogP contribution in [0, 0.1) is 0 Å². The van der Waals surface area contributed by atoms with Crippen molar-refractivity contribution in [2.75, 3.05) is 26.7 Å². The average molecular weight is 320 g/mol. The van der Waals surface area contributed by atoms with Crippen molar-refractivity contribution in [2.24, 2.45) is 0 Å². The van der Waals surface area contributed by atoms with Crippen LogP contribution in [0.15, 0.2) is 4.52 Å². The molecule has 1 aromatic rings. The molecule has 2 atom stereocenters. The van der Waals surface area contributed by atoms with Gasteiger partial charge in [-0.25, -0.2) is 0 Å². The van der Waals surface area contributed by atoms with Gasteiger partial charge in [-0.1, -0.05) is 5.16 Å². The number of ether oxygens (including phenoxy) is 1. The van der Waals surface area contributed by atoms with E-state index in [1.165, 1.54) is 12.8 Å². The van der Waals surface area contributed by atoms with E-state index in [9.17, 15) is 4.79 Å². The van der Waals surface area contributed by atoms with Crippen LogP contribution < -0.4 is 0 Å². The summed E-state index contributed by atoms with van der Waals surface area (Å²) in [5, 5.41) is 4.12. The van der Waals surface area contributed by atoms with Gasteiger partial charge in [-0.3, -0.25) is 14.6 Å². The fraction of sp³-hybridized carbons (Fsp3) is 0.812. The zero-order chi connectivity index (χ0) is 15.8. The molecule has 126 valence electrons. The number of hydrogen-bond acceptors (Lipinski definition) is 7. The van der Waals surface area contributed by atoms with E-state index in [1.807, 2.05) is 7.05 Å². The Labute approximate surface area is 136 Å². The van der Waals surface area contributed by atoms with Crippen LogP contribution in [-0.4, -0.2) is 64.7 Å². The minimum absolute atomic E-state index is 0.0723. The van der Waals surface area contributed by atoms with Gasteiger partial charge < -0.3 is 9.26 Å². The van der Waals surface area contributed by atoms with Crippen molar-refractivity contribution in [3.8, 4) is 0 Å². The zero-order valence-electron chi connectivity index (χ0n) is 13.6. The van der Waals surface area contributed by atoms with E-state index in [4.69, 9.17) is 9.26 Å². The molecule has 0 amide bonds. The van der Waals surface area contributed by atoms with Crippen LogP contribution in [0.2, 0.25) is 0 Å². The Morgan fingerprint density at radius 2 is 2.17 bits per heavy atom. The molecule has 2 saturated heterocycles. The maximum absolute atomic E-state index is 11.8. The number of piperidine rings is 1. The molecular weight excluding hydrogens is 296 g/mol. The smallest absolute Gasteiger partial charge is 0.323 e. The Balaban J connectivity index is 1.35. The topological polar surface area (TPSA) is 71.7 Å². The molecule has 7 nitrogen and oxygen atoms in total. The summed E-state index contributed by atoms with van der Waals surface area (Å²) in [6.07, 6.45) is 5.41. The van der Waals surface area contributed by atoms with Crippen LogP contribution in [0.4, 0.5) is 0 Å². The third kappa shape index (κ3) is 3.26. The Morgan fingerprint density at radius 1 is 1.30 bits per heavy atom. The van der Waals surface area contributed by atoms with E-state index in [-0.39, 0.29) is 12.0 Å². The SMILES string of the molecule is CN([C@H]1CCCN(Cc2noc(C3CC3)n2)C1)[C@H]1CCOC1=O. The Bertz CT molecular complexity index is 571. The first-order valence-corrected chi connectivity index (χ1v) is 8.64. The standard InChI is InChI=1S/C16H24N4O3/c1-19(13-6-8-22-16(13)21)12-3-2-7-20(9-12)10-14-17-15(23-18-14)11-4-5-11/h11-13H,2-10H2,1H3/t12-,13-/m0/s1. The predicted molar refractivity (Wildman–Crippen MR) is 81.7 cm³/mol. The highest BCUT2D eigenvalue weighted by molar-refractivity contribution is 5.77. The summed E-state index contributed by atoms with van der Waals surface area (Å²) in [7, 11) is 2.05. The summed E-state index contributed by atoms with van der Waals surface area (Å²) < 4.78 is 10.4. The van der Waals surface area contributed by atoms with E-state index in [0.29, 0.717) is 18.6 Å². The molecule has 3 heterocycles. The fourth-order valence-electron chi connectivity index (χ4n) is 3.64. The lowest BCUT2D eigenvalue weighted by atomic mass is 10.0. The average Bonchev–Trinajstić information content (AvgIpc) is 3.16. The van der Waals surface area contributed by atoms with Crippen LogP contribution in [0.5, 0.6) is 0 Å². The lowest BCUT2D eigenvalue weighted by Gasteiger charge is -2.38. The molecule has 1 saturated carbocycles. The summed E-state index contributed by atoms with van der Waals surface area (Å²) in [6, 6.07) is 0.306. The van der Waals surface area contributed by atoms with Crippen molar-refractivity contribution in [2.45, 2.75) is 56.7 Å². The van der Waals surface area contributed by atoms with Crippen molar-refractivity contribution in [3.05, 3.63) is 11.7 Å². The Morgan fingerprint density at radius 3 is 2.91 bits per heavy atom. The number of cyclic esters (lactones) is 1. The first-order chi connectivity index (χ1) is 11.2. The second-order valence-corrected chi connectivity index (χ2v) is 6.99. The zero-order valence-corrected chi connectivity index (χ0v) is 13.6. The quantitative estimate of drug-likeness (QED) is 0.754. The molecule has 1 aromatic heterocycles. The molecule has 0 aromatic carbocycles. The van der Waals surface area contributed by atoms with E-state index in [2.05, 4.69) is 19.9 Å². The van der Waals surface area contributed by atoms with Crippen molar-refractivity contribution in [3.63, 3.8) is 0 Å². The van der Waals surface area contributed by atoms with Crippen molar-refractivity contribution < 1.29 is 14.1 Å². The van der Waals surface area contributed by atoms with Gasteiger partial charge in [0.15, 0.2) is 5.82 Å². The lowest BCUT2D eigenvalue weighted by Crippen LogP contribution is -2.50. The second-order valence-electron chi connectivity index (χ2n) is 6.99. The number of likely N-dealkylation sites (tertiary alicyclic amines) is 1. The molecule has 1 aliphatic carbocycles. The molecule has 3 fully saturated rings. The summed E-state index contributed by atoms with van der Waals surface area (Å²) in [5.41, 5.74) is 0.